The van der Waals surface area contributed by atoms with Crippen molar-refractivity contribution in [3.63, 3.8) is 0 Å². The number of hydrogen-bond donors (Lipinski definition) is 2. The van der Waals surface area contributed by atoms with Crippen LogP contribution < -0.4 is 10.6 Å². The Morgan fingerprint density at radius 2 is 1.96 bits per heavy atom. The van der Waals surface area contributed by atoms with E-state index in [0.29, 0.717) is 11.3 Å². The Morgan fingerprint density at radius 3 is 2.65 bits per heavy atom. The van der Waals surface area contributed by atoms with Gasteiger partial charge in [0.05, 0.1) is 5.69 Å². The fourth-order valence-corrected chi connectivity index (χ4v) is 2.69. The maximum Gasteiger partial charge on any atom is 0.274 e. The molecule has 6 heteroatoms. The Labute approximate surface area is 142 Å². The van der Waals surface area contributed by atoms with Gasteiger partial charge in [-0.2, -0.15) is 0 Å². The van der Waals surface area contributed by atoms with Crippen LogP contribution in [0.1, 0.15) is 39.3 Å². The quantitative estimate of drug-likeness (QED) is 0.863. The first-order valence-corrected chi connectivity index (χ1v) is 8.16. The second-order valence-electron chi connectivity index (χ2n) is 5.61. The number of carbonyl (C=O) groups excluding carboxylic acids is 2. The molecule has 0 saturated heterocycles. The molecule has 23 heavy (non-hydrogen) atoms. The van der Waals surface area contributed by atoms with Gasteiger partial charge in [-0.05, 0) is 65.5 Å². The molecule has 0 spiro atoms. The van der Waals surface area contributed by atoms with Gasteiger partial charge >= 0.3 is 0 Å². The molecule has 0 radical (unpaired) electrons. The van der Waals surface area contributed by atoms with Gasteiger partial charge in [-0.3, -0.25) is 14.6 Å². The van der Waals surface area contributed by atoms with Crippen LogP contribution in [0.5, 0.6) is 0 Å². The van der Waals surface area contributed by atoms with Crippen molar-refractivity contribution in [2.45, 2.75) is 25.8 Å². The van der Waals surface area contributed by atoms with Crippen molar-refractivity contribution < 1.29 is 9.59 Å². The minimum Gasteiger partial charge on any atom is -0.349 e. The summed E-state index contributed by atoms with van der Waals surface area (Å²) in [5.41, 5.74) is 2.41. The third kappa shape index (κ3) is 3.96. The van der Waals surface area contributed by atoms with Crippen molar-refractivity contribution in [3.05, 3.63) is 57.8 Å². The summed E-state index contributed by atoms with van der Waals surface area (Å²) in [4.78, 5) is 28.4. The Kier molecular flexibility index (Phi) is 4.43. The first-order valence-electron chi connectivity index (χ1n) is 7.37. The van der Waals surface area contributed by atoms with Gasteiger partial charge in [-0.25, -0.2) is 0 Å². The molecule has 0 unspecified atom stereocenters. The molecule has 2 aromatic rings. The maximum atomic E-state index is 12.3. The van der Waals surface area contributed by atoms with E-state index in [9.17, 15) is 9.59 Å². The summed E-state index contributed by atoms with van der Waals surface area (Å²) in [6.07, 6.45) is 3.51. The third-order valence-corrected chi connectivity index (χ3v) is 4.20. The van der Waals surface area contributed by atoms with Gasteiger partial charge in [-0.1, -0.05) is 6.07 Å². The molecule has 0 atom stereocenters. The summed E-state index contributed by atoms with van der Waals surface area (Å²) in [5.74, 6) is -0.518. The lowest BCUT2D eigenvalue weighted by atomic mass is 10.2. The van der Waals surface area contributed by atoms with Crippen LogP contribution in [0.15, 0.2) is 41.0 Å². The summed E-state index contributed by atoms with van der Waals surface area (Å²) in [6, 6.07) is 9.04. The molecule has 0 aliphatic heterocycles. The number of aromatic nitrogens is 1. The number of nitrogens with zero attached hydrogens (tertiary/aromatic N) is 1. The molecule has 1 aromatic carbocycles. The number of nitrogens with one attached hydrogen (secondary N) is 2. The molecule has 5 nitrogen and oxygen atoms in total. The Morgan fingerprint density at radius 1 is 1.17 bits per heavy atom. The lowest BCUT2D eigenvalue weighted by Gasteiger charge is -2.09. The van der Waals surface area contributed by atoms with E-state index in [2.05, 4.69) is 31.5 Å². The number of anilines is 1. The Hall–Kier alpha value is -2.21. The number of amides is 2. The molecule has 1 fully saturated rings. The topological polar surface area (TPSA) is 71.1 Å². The van der Waals surface area contributed by atoms with Crippen molar-refractivity contribution in [1.82, 2.24) is 10.3 Å². The molecule has 1 aliphatic carbocycles. The van der Waals surface area contributed by atoms with Crippen LogP contribution >= 0.6 is 15.9 Å². The largest absolute Gasteiger partial charge is 0.349 e. The van der Waals surface area contributed by atoms with Crippen molar-refractivity contribution in [1.29, 1.82) is 0 Å². The van der Waals surface area contributed by atoms with Gasteiger partial charge in [0.1, 0.15) is 5.69 Å². The molecule has 2 N–H and O–H groups in total. The molecule has 1 aliphatic rings. The fourth-order valence-electron chi connectivity index (χ4n) is 2.10. The summed E-state index contributed by atoms with van der Waals surface area (Å²) < 4.78 is 0.800. The molecule has 3 rings (SSSR count). The monoisotopic (exact) mass is 373 g/mol. The lowest BCUT2D eigenvalue weighted by Crippen LogP contribution is -2.26. The smallest absolute Gasteiger partial charge is 0.274 e. The molecule has 2 amide bonds. The summed E-state index contributed by atoms with van der Waals surface area (Å²) in [7, 11) is 0. The summed E-state index contributed by atoms with van der Waals surface area (Å²) >= 11 is 3.42. The Balaban J connectivity index is 1.75. The van der Waals surface area contributed by atoms with E-state index in [-0.39, 0.29) is 23.6 Å². The molecular weight excluding hydrogens is 358 g/mol. The maximum absolute atomic E-state index is 12.3. The van der Waals surface area contributed by atoms with E-state index in [1.54, 1.807) is 6.07 Å². The van der Waals surface area contributed by atoms with Crippen molar-refractivity contribution >= 4 is 33.4 Å². The van der Waals surface area contributed by atoms with Gasteiger partial charge < -0.3 is 10.6 Å². The van der Waals surface area contributed by atoms with Crippen LogP contribution in [0.25, 0.3) is 0 Å². The molecular formula is C17H16BrN3O2. The normalized spacial score (nSPS) is 13.5. The van der Waals surface area contributed by atoms with E-state index in [4.69, 9.17) is 0 Å². The summed E-state index contributed by atoms with van der Waals surface area (Å²) in [5, 5.41) is 5.69. The zero-order valence-corrected chi connectivity index (χ0v) is 14.2. The number of halogens is 1. The number of hydrogen-bond acceptors (Lipinski definition) is 3. The van der Waals surface area contributed by atoms with Crippen molar-refractivity contribution in [2.24, 2.45) is 0 Å². The van der Waals surface area contributed by atoms with Gasteiger partial charge in [0.2, 0.25) is 0 Å². The van der Waals surface area contributed by atoms with Crippen LogP contribution in [-0.2, 0) is 0 Å². The minimum absolute atomic E-state index is 0.166. The fraction of sp³-hybridized carbons (Fsp3) is 0.235. The van der Waals surface area contributed by atoms with Crippen LogP contribution in [0.2, 0.25) is 0 Å². The molecule has 0 bridgehead atoms. The Bertz CT molecular complexity index is 772. The third-order valence-electron chi connectivity index (χ3n) is 3.54. The summed E-state index contributed by atoms with van der Waals surface area (Å²) in [6.45, 7) is 1.97. The average Bonchev–Trinajstić information content (AvgIpc) is 3.34. The SMILES string of the molecule is Cc1ccc(NC(=O)c2cc(C(=O)NC3CC3)ccn2)c(Br)c1. The number of rotatable bonds is 4. The highest BCUT2D eigenvalue weighted by molar-refractivity contribution is 9.10. The predicted octanol–water partition coefficient (Wildman–Crippen LogP) is 3.30. The first kappa shape index (κ1) is 15.7. The second-order valence-corrected chi connectivity index (χ2v) is 6.47. The zero-order chi connectivity index (χ0) is 16.4. The lowest BCUT2D eigenvalue weighted by molar-refractivity contribution is 0.0951. The van der Waals surface area contributed by atoms with Crippen molar-refractivity contribution in [3.8, 4) is 0 Å². The molecule has 1 saturated carbocycles. The van der Waals surface area contributed by atoms with Gasteiger partial charge in [-0.15, -0.1) is 0 Å². The first-order chi connectivity index (χ1) is 11.0. The van der Waals surface area contributed by atoms with Crippen LogP contribution in [-0.4, -0.2) is 22.8 Å². The van der Waals surface area contributed by atoms with Gasteiger partial charge in [0, 0.05) is 22.3 Å². The minimum atomic E-state index is -0.351. The average molecular weight is 374 g/mol. The second kappa shape index (κ2) is 6.50. The zero-order valence-electron chi connectivity index (χ0n) is 12.6. The van der Waals surface area contributed by atoms with Gasteiger partial charge in [0.15, 0.2) is 0 Å². The van der Waals surface area contributed by atoms with Crippen LogP contribution in [0.4, 0.5) is 5.69 Å². The van der Waals surface area contributed by atoms with Crippen LogP contribution in [0.3, 0.4) is 0 Å². The number of pyridine rings is 1. The highest BCUT2D eigenvalue weighted by atomic mass is 79.9. The number of benzene rings is 1. The number of aryl methyl sites for hydroxylation is 1. The van der Waals surface area contributed by atoms with Crippen molar-refractivity contribution in [2.75, 3.05) is 5.32 Å². The standard InChI is InChI=1S/C17H16BrN3O2/c1-10-2-5-14(13(18)8-10)21-17(23)15-9-11(6-7-19-15)16(22)20-12-3-4-12/h2,5-9,12H,3-4H2,1H3,(H,20,22)(H,21,23). The predicted molar refractivity (Wildman–Crippen MR) is 91.6 cm³/mol. The van der Waals surface area contributed by atoms with E-state index < -0.39 is 0 Å². The number of carbonyl (C=O) groups is 2. The van der Waals surface area contributed by atoms with Crippen LogP contribution in [0, 0.1) is 6.92 Å². The van der Waals surface area contributed by atoms with E-state index in [1.807, 2.05) is 25.1 Å². The van der Waals surface area contributed by atoms with E-state index >= 15 is 0 Å². The highest BCUT2D eigenvalue weighted by Gasteiger charge is 2.24. The van der Waals surface area contributed by atoms with E-state index in [1.165, 1.54) is 12.3 Å². The van der Waals surface area contributed by atoms with Gasteiger partial charge in [0.25, 0.3) is 11.8 Å². The molecule has 1 aromatic heterocycles. The highest BCUT2D eigenvalue weighted by Crippen LogP contribution is 2.24. The van der Waals surface area contributed by atoms with E-state index in [0.717, 1.165) is 22.9 Å². The molecule has 118 valence electrons. The molecule has 1 heterocycles.